The molecule has 3 unspecified atom stereocenters. The lowest BCUT2D eigenvalue weighted by molar-refractivity contribution is -0.125. The highest BCUT2D eigenvalue weighted by Crippen LogP contribution is 2.21. The topological polar surface area (TPSA) is 87.2 Å². The van der Waals surface area contributed by atoms with Crippen molar-refractivity contribution in [3.8, 4) is 5.75 Å². The number of methoxy groups -OCH3 is 1. The van der Waals surface area contributed by atoms with Gasteiger partial charge in [-0.05, 0) is 50.5 Å². The lowest BCUT2D eigenvalue weighted by Gasteiger charge is -2.23. The molecule has 0 spiro atoms. The van der Waals surface area contributed by atoms with Crippen molar-refractivity contribution in [1.82, 2.24) is 15.5 Å². The fourth-order valence-corrected chi connectivity index (χ4v) is 2.81. The van der Waals surface area contributed by atoms with Gasteiger partial charge in [0.1, 0.15) is 5.75 Å². The fraction of sp³-hybridized carbons (Fsp3) is 0.474. The zero-order valence-corrected chi connectivity index (χ0v) is 15.5. The van der Waals surface area contributed by atoms with Gasteiger partial charge in [-0.1, -0.05) is 19.1 Å². The van der Waals surface area contributed by atoms with Crippen LogP contribution in [0.25, 0.3) is 0 Å². The maximum atomic E-state index is 12.5. The van der Waals surface area contributed by atoms with E-state index in [1.165, 1.54) is 0 Å². The Bertz CT molecular complexity index is 690. The van der Waals surface area contributed by atoms with Crippen LogP contribution in [-0.2, 0) is 11.2 Å². The molecule has 0 aliphatic heterocycles. The minimum Gasteiger partial charge on any atom is -0.497 e. The van der Waals surface area contributed by atoms with Gasteiger partial charge in [-0.2, -0.15) is 5.10 Å². The number of benzene rings is 1. The number of amides is 1. The summed E-state index contributed by atoms with van der Waals surface area (Å²) in [5.41, 5.74) is 3.72. The molecule has 0 aliphatic carbocycles. The summed E-state index contributed by atoms with van der Waals surface area (Å²) >= 11 is 0. The third-order valence-electron chi connectivity index (χ3n) is 4.54. The number of aromatic nitrogens is 2. The van der Waals surface area contributed by atoms with Gasteiger partial charge in [-0.3, -0.25) is 9.89 Å². The molecule has 25 heavy (non-hydrogen) atoms. The van der Waals surface area contributed by atoms with Crippen LogP contribution in [0.3, 0.4) is 0 Å². The average Bonchev–Trinajstić information content (AvgIpc) is 2.92. The van der Waals surface area contributed by atoms with Crippen LogP contribution in [0, 0.1) is 19.8 Å². The Kier molecular flexibility index (Phi) is 6.20. The summed E-state index contributed by atoms with van der Waals surface area (Å²) in [6.07, 6.45) is -0.162. The third-order valence-corrected chi connectivity index (χ3v) is 4.54. The number of nitrogens with zero attached hydrogens (tertiary/aromatic N) is 1. The van der Waals surface area contributed by atoms with Gasteiger partial charge in [0.05, 0.1) is 24.9 Å². The maximum absolute atomic E-state index is 12.5. The molecule has 6 heteroatoms. The number of nitrogens with one attached hydrogen (secondary N) is 2. The quantitative estimate of drug-likeness (QED) is 0.719. The van der Waals surface area contributed by atoms with Gasteiger partial charge >= 0.3 is 0 Å². The van der Waals surface area contributed by atoms with Crippen LogP contribution in [0.4, 0.5) is 0 Å². The van der Waals surface area contributed by atoms with Crippen molar-refractivity contribution in [2.45, 2.75) is 46.3 Å². The minimum atomic E-state index is -0.778. The maximum Gasteiger partial charge on any atom is 0.223 e. The monoisotopic (exact) mass is 345 g/mol. The molecule has 1 aromatic carbocycles. The first-order chi connectivity index (χ1) is 11.8. The average molecular weight is 345 g/mol. The van der Waals surface area contributed by atoms with E-state index in [4.69, 9.17) is 4.74 Å². The molecule has 0 saturated heterocycles. The Hall–Kier alpha value is -2.34. The molecule has 6 nitrogen and oxygen atoms in total. The van der Waals surface area contributed by atoms with Crippen molar-refractivity contribution in [1.29, 1.82) is 0 Å². The molecule has 0 saturated carbocycles. The van der Waals surface area contributed by atoms with E-state index in [1.54, 1.807) is 38.3 Å². The summed E-state index contributed by atoms with van der Waals surface area (Å²) in [7, 11) is 1.60. The molecule has 3 N–H and O–H groups in total. The van der Waals surface area contributed by atoms with E-state index in [0.29, 0.717) is 6.42 Å². The largest absolute Gasteiger partial charge is 0.497 e. The van der Waals surface area contributed by atoms with Gasteiger partial charge in [0, 0.05) is 11.6 Å². The molecule has 0 fully saturated rings. The molecule has 2 rings (SSSR count). The van der Waals surface area contributed by atoms with Crippen LogP contribution in [0.15, 0.2) is 24.3 Å². The van der Waals surface area contributed by atoms with Gasteiger partial charge in [0.2, 0.25) is 5.91 Å². The molecule has 1 heterocycles. The van der Waals surface area contributed by atoms with Crippen LogP contribution in [0.2, 0.25) is 0 Å². The van der Waals surface area contributed by atoms with E-state index in [2.05, 4.69) is 15.5 Å². The molecule has 1 amide bonds. The zero-order chi connectivity index (χ0) is 18.6. The number of aliphatic hydroxyl groups is 1. The highest BCUT2D eigenvalue weighted by atomic mass is 16.5. The molecule has 0 bridgehead atoms. The van der Waals surface area contributed by atoms with E-state index in [0.717, 1.165) is 28.3 Å². The summed E-state index contributed by atoms with van der Waals surface area (Å²) in [5, 5.41) is 20.5. The van der Waals surface area contributed by atoms with Crippen molar-refractivity contribution in [3.63, 3.8) is 0 Å². The normalized spacial score (nSPS) is 14.6. The zero-order valence-electron chi connectivity index (χ0n) is 15.5. The number of hydrogen-bond donors (Lipinski definition) is 3. The number of carbonyl (C=O) groups excluding carboxylic acids is 1. The predicted molar refractivity (Wildman–Crippen MR) is 96.5 cm³/mol. The van der Waals surface area contributed by atoms with Gasteiger partial charge in [-0.25, -0.2) is 0 Å². The molecule has 2 aromatic rings. The first-order valence-corrected chi connectivity index (χ1v) is 8.46. The summed E-state index contributed by atoms with van der Waals surface area (Å²) < 4.78 is 5.12. The van der Waals surface area contributed by atoms with Crippen molar-refractivity contribution >= 4 is 5.91 Å². The number of ether oxygens (including phenoxy) is 1. The second-order valence-corrected chi connectivity index (χ2v) is 6.53. The van der Waals surface area contributed by atoms with Crippen LogP contribution < -0.4 is 10.1 Å². The summed E-state index contributed by atoms with van der Waals surface area (Å²) in [5.74, 6) is 0.438. The number of H-pyrrole nitrogens is 1. The van der Waals surface area contributed by atoms with Gasteiger partial charge in [0.25, 0.3) is 0 Å². The number of aromatic amines is 1. The number of aliphatic hydroxyl groups excluding tert-OH is 1. The molecule has 0 radical (unpaired) electrons. The minimum absolute atomic E-state index is 0.0833. The summed E-state index contributed by atoms with van der Waals surface area (Å²) in [6, 6.07) is 6.79. The first kappa shape index (κ1) is 19.0. The van der Waals surface area contributed by atoms with Crippen LogP contribution in [0.1, 0.15) is 42.5 Å². The number of hydrogen-bond acceptors (Lipinski definition) is 4. The Labute approximate surface area is 148 Å². The van der Waals surface area contributed by atoms with E-state index in [-0.39, 0.29) is 11.8 Å². The highest BCUT2D eigenvalue weighted by molar-refractivity contribution is 5.79. The summed E-state index contributed by atoms with van der Waals surface area (Å²) in [6.45, 7) is 7.57. The van der Waals surface area contributed by atoms with Crippen molar-refractivity contribution in [2.75, 3.05) is 7.11 Å². The number of aryl methyl sites for hydroxylation is 2. The highest BCUT2D eigenvalue weighted by Gasteiger charge is 2.23. The van der Waals surface area contributed by atoms with Crippen LogP contribution >= 0.6 is 0 Å². The molecular formula is C19H27N3O3. The predicted octanol–water partition coefficient (Wildman–Crippen LogP) is 2.45. The Morgan fingerprint density at radius 3 is 2.44 bits per heavy atom. The molecule has 0 aliphatic rings. The molecule has 1 aromatic heterocycles. The molecule has 3 atom stereocenters. The Morgan fingerprint density at radius 1 is 1.28 bits per heavy atom. The van der Waals surface area contributed by atoms with E-state index in [9.17, 15) is 9.90 Å². The third kappa shape index (κ3) is 4.60. The number of carbonyl (C=O) groups is 1. The second kappa shape index (κ2) is 8.16. The molecule has 136 valence electrons. The van der Waals surface area contributed by atoms with Gasteiger partial charge in [-0.15, -0.1) is 0 Å². The fourth-order valence-electron chi connectivity index (χ4n) is 2.81. The second-order valence-electron chi connectivity index (χ2n) is 6.53. The van der Waals surface area contributed by atoms with Gasteiger partial charge < -0.3 is 15.2 Å². The Morgan fingerprint density at radius 2 is 1.92 bits per heavy atom. The van der Waals surface area contributed by atoms with Gasteiger partial charge in [0.15, 0.2) is 0 Å². The van der Waals surface area contributed by atoms with Crippen molar-refractivity contribution < 1.29 is 14.6 Å². The van der Waals surface area contributed by atoms with Crippen LogP contribution in [-0.4, -0.2) is 34.4 Å². The molecular weight excluding hydrogens is 318 g/mol. The van der Waals surface area contributed by atoms with Crippen molar-refractivity contribution in [3.05, 3.63) is 46.8 Å². The standard InChI is InChI=1S/C19H27N3O3/c1-11(10-17-12(2)21-22-13(17)3)19(24)20-14(4)18(23)15-6-8-16(25-5)9-7-15/h6-9,11,14,18,23H,10H2,1-5H3,(H,20,24)(H,21,22). The summed E-state index contributed by atoms with van der Waals surface area (Å²) in [4.78, 5) is 12.5. The first-order valence-electron chi connectivity index (χ1n) is 8.46. The Balaban J connectivity index is 1.96. The smallest absolute Gasteiger partial charge is 0.223 e. The van der Waals surface area contributed by atoms with E-state index in [1.807, 2.05) is 20.8 Å². The van der Waals surface area contributed by atoms with Crippen LogP contribution in [0.5, 0.6) is 5.75 Å². The van der Waals surface area contributed by atoms with Crippen molar-refractivity contribution in [2.24, 2.45) is 5.92 Å². The SMILES string of the molecule is COc1ccc(C(O)C(C)NC(=O)C(C)Cc2c(C)n[nH]c2C)cc1. The number of rotatable bonds is 7. The lowest BCUT2D eigenvalue weighted by Crippen LogP contribution is -2.40. The lowest BCUT2D eigenvalue weighted by atomic mass is 9.97. The van der Waals surface area contributed by atoms with E-state index >= 15 is 0 Å². The van der Waals surface area contributed by atoms with E-state index < -0.39 is 12.1 Å².